The Balaban J connectivity index is 2.25. The Labute approximate surface area is 93.0 Å². The van der Waals surface area contributed by atoms with Gasteiger partial charge in [0.05, 0.1) is 12.2 Å². The van der Waals surface area contributed by atoms with Crippen molar-refractivity contribution in [2.24, 2.45) is 0 Å². The number of unbranched alkanes of at least 4 members (excludes halogenated alkanes) is 1. The lowest BCUT2D eigenvalue weighted by molar-refractivity contribution is -0.136. The van der Waals surface area contributed by atoms with Gasteiger partial charge >= 0.3 is 6.18 Å². The predicted molar refractivity (Wildman–Crippen MR) is 53.7 cm³/mol. The normalized spacial score (nSPS) is 26.6. The summed E-state index contributed by atoms with van der Waals surface area (Å²) in [5, 5.41) is 3.03. The van der Waals surface area contributed by atoms with Gasteiger partial charge < -0.3 is 4.90 Å². The molecular weight excluding hydrogens is 221 g/mol. The molecule has 0 aliphatic carbocycles. The first-order valence-corrected chi connectivity index (χ1v) is 5.44. The second-order valence-corrected chi connectivity index (χ2v) is 4.17. The number of carbonyl (C=O) groups excluding carboxylic acids is 1. The van der Waals surface area contributed by atoms with Gasteiger partial charge in [0, 0.05) is 13.0 Å². The zero-order valence-electron chi connectivity index (χ0n) is 9.47. The number of nitrogens with one attached hydrogen (secondary N) is 1. The molecule has 0 aromatic carbocycles. The predicted octanol–water partition coefficient (Wildman–Crippen LogP) is 1.89. The number of halogens is 3. The van der Waals surface area contributed by atoms with E-state index in [0.29, 0.717) is 13.0 Å². The fourth-order valence-corrected chi connectivity index (χ4v) is 1.87. The number of nitrogens with zero attached hydrogens (tertiary/aromatic N) is 1. The molecule has 1 fully saturated rings. The van der Waals surface area contributed by atoms with E-state index in [4.69, 9.17) is 0 Å². The second kappa shape index (κ2) is 5.03. The first-order valence-electron chi connectivity index (χ1n) is 5.44. The number of alkyl halides is 3. The molecule has 1 aliphatic rings. The number of carbonyl (C=O) groups is 1. The van der Waals surface area contributed by atoms with E-state index in [2.05, 4.69) is 5.32 Å². The van der Waals surface area contributed by atoms with Crippen molar-refractivity contribution in [1.29, 1.82) is 0 Å². The fraction of sp³-hybridized carbons (Fsp3) is 0.900. The average Bonchev–Trinajstić information content (AvgIpc) is 2.36. The summed E-state index contributed by atoms with van der Waals surface area (Å²) in [5.41, 5.74) is 0. The van der Waals surface area contributed by atoms with Gasteiger partial charge in [0.15, 0.2) is 0 Å². The number of hydrogen-bond acceptors (Lipinski definition) is 2. The highest BCUT2D eigenvalue weighted by molar-refractivity contribution is 5.83. The van der Waals surface area contributed by atoms with Crippen LogP contribution in [0.25, 0.3) is 0 Å². The van der Waals surface area contributed by atoms with Gasteiger partial charge in [0.1, 0.15) is 0 Å². The van der Waals surface area contributed by atoms with Gasteiger partial charge in [0.2, 0.25) is 5.91 Å². The molecule has 94 valence electrons. The minimum atomic E-state index is -4.09. The lowest BCUT2D eigenvalue weighted by atomic mass is 10.2. The van der Waals surface area contributed by atoms with Crippen LogP contribution in [0.5, 0.6) is 0 Å². The summed E-state index contributed by atoms with van der Waals surface area (Å²) < 4.78 is 35.6. The van der Waals surface area contributed by atoms with Crippen molar-refractivity contribution in [2.45, 2.75) is 51.5 Å². The van der Waals surface area contributed by atoms with E-state index >= 15 is 0 Å². The van der Waals surface area contributed by atoms with Crippen LogP contribution in [-0.2, 0) is 4.79 Å². The molecule has 0 aromatic heterocycles. The number of rotatable bonds is 4. The topological polar surface area (TPSA) is 32.3 Å². The highest BCUT2D eigenvalue weighted by atomic mass is 19.4. The van der Waals surface area contributed by atoms with Crippen molar-refractivity contribution in [1.82, 2.24) is 10.2 Å². The minimum Gasteiger partial charge on any atom is -0.326 e. The molecule has 1 N–H and O–H groups in total. The summed E-state index contributed by atoms with van der Waals surface area (Å²) in [4.78, 5) is 13.1. The summed E-state index contributed by atoms with van der Waals surface area (Å²) >= 11 is 0. The molecule has 1 aliphatic heterocycles. The van der Waals surface area contributed by atoms with Crippen molar-refractivity contribution < 1.29 is 18.0 Å². The maximum Gasteiger partial charge on any atom is 0.389 e. The Kier molecular flexibility index (Phi) is 4.18. The molecule has 0 aromatic rings. The van der Waals surface area contributed by atoms with Crippen LogP contribution >= 0.6 is 0 Å². The van der Waals surface area contributed by atoms with Crippen LogP contribution in [0.2, 0.25) is 0 Å². The number of amides is 1. The highest BCUT2D eigenvalue weighted by Crippen LogP contribution is 2.22. The molecule has 0 bridgehead atoms. The van der Waals surface area contributed by atoms with E-state index in [0.717, 1.165) is 0 Å². The summed E-state index contributed by atoms with van der Waals surface area (Å²) in [6.07, 6.45) is -4.47. The molecule has 0 radical (unpaired) electrons. The molecule has 16 heavy (non-hydrogen) atoms. The Hall–Kier alpha value is -0.780. The smallest absolute Gasteiger partial charge is 0.326 e. The summed E-state index contributed by atoms with van der Waals surface area (Å²) in [6.45, 7) is 3.99. The molecule has 1 saturated heterocycles. The van der Waals surface area contributed by atoms with Crippen LogP contribution < -0.4 is 5.32 Å². The van der Waals surface area contributed by atoms with Crippen molar-refractivity contribution in [3.05, 3.63) is 0 Å². The van der Waals surface area contributed by atoms with Gasteiger partial charge in [-0.1, -0.05) is 0 Å². The highest BCUT2D eigenvalue weighted by Gasteiger charge is 2.33. The largest absolute Gasteiger partial charge is 0.389 e. The third-order valence-electron chi connectivity index (χ3n) is 2.72. The third kappa shape index (κ3) is 3.66. The number of hydrogen-bond donors (Lipinski definition) is 1. The second-order valence-electron chi connectivity index (χ2n) is 4.17. The lowest BCUT2D eigenvalue weighted by Crippen LogP contribution is -2.35. The standard InChI is InChI=1S/C10H17F3N2O/c1-7-9(16)15(8(2)14-7)6-4-3-5-10(11,12)13/h7-8,14H,3-6H2,1-2H3. The van der Waals surface area contributed by atoms with Crippen LogP contribution in [0.1, 0.15) is 33.1 Å². The molecule has 0 saturated carbocycles. The Morgan fingerprint density at radius 2 is 1.94 bits per heavy atom. The minimum absolute atomic E-state index is 0.0282. The van der Waals surface area contributed by atoms with E-state index in [1.165, 1.54) is 0 Å². The van der Waals surface area contributed by atoms with Gasteiger partial charge in [-0.25, -0.2) is 0 Å². The summed E-state index contributed by atoms with van der Waals surface area (Å²) in [5.74, 6) is -0.0282. The zero-order chi connectivity index (χ0) is 12.3. The van der Waals surface area contributed by atoms with Gasteiger partial charge in [-0.05, 0) is 26.7 Å². The molecule has 2 unspecified atom stereocenters. The van der Waals surface area contributed by atoms with E-state index in [9.17, 15) is 18.0 Å². The Morgan fingerprint density at radius 3 is 2.38 bits per heavy atom. The maximum absolute atomic E-state index is 11.9. The first-order chi connectivity index (χ1) is 7.31. The van der Waals surface area contributed by atoms with Crippen molar-refractivity contribution in [3.63, 3.8) is 0 Å². The summed E-state index contributed by atoms with van der Waals surface area (Å²) in [6, 6.07) is -0.224. The van der Waals surface area contributed by atoms with Gasteiger partial charge in [0.25, 0.3) is 0 Å². The molecular formula is C10H17F3N2O. The Morgan fingerprint density at radius 1 is 1.31 bits per heavy atom. The van der Waals surface area contributed by atoms with E-state index in [-0.39, 0.29) is 24.5 Å². The SMILES string of the molecule is CC1NC(C)N(CCCCC(F)(F)F)C1=O. The van der Waals surface area contributed by atoms with Crippen LogP contribution in [-0.4, -0.2) is 35.7 Å². The van der Waals surface area contributed by atoms with E-state index in [1.807, 2.05) is 6.92 Å². The molecule has 0 spiro atoms. The molecule has 3 nitrogen and oxygen atoms in total. The van der Waals surface area contributed by atoms with E-state index in [1.54, 1.807) is 11.8 Å². The summed E-state index contributed by atoms with van der Waals surface area (Å²) in [7, 11) is 0. The average molecular weight is 238 g/mol. The van der Waals surface area contributed by atoms with Crippen LogP contribution in [0, 0.1) is 0 Å². The molecule has 1 heterocycles. The van der Waals surface area contributed by atoms with E-state index < -0.39 is 12.6 Å². The van der Waals surface area contributed by atoms with Crippen LogP contribution in [0.3, 0.4) is 0 Å². The quantitative estimate of drug-likeness (QED) is 0.758. The monoisotopic (exact) mass is 238 g/mol. The first kappa shape index (κ1) is 13.3. The van der Waals surface area contributed by atoms with Crippen molar-refractivity contribution in [2.75, 3.05) is 6.54 Å². The van der Waals surface area contributed by atoms with Gasteiger partial charge in [-0.2, -0.15) is 13.2 Å². The van der Waals surface area contributed by atoms with Gasteiger partial charge in [-0.3, -0.25) is 10.1 Å². The third-order valence-corrected chi connectivity index (χ3v) is 2.72. The molecule has 2 atom stereocenters. The van der Waals surface area contributed by atoms with Crippen LogP contribution in [0.4, 0.5) is 13.2 Å². The molecule has 6 heteroatoms. The van der Waals surface area contributed by atoms with Crippen LogP contribution in [0.15, 0.2) is 0 Å². The maximum atomic E-state index is 11.9. The van der Waals surface area contributed by atoms with Crippen molar-refractivity contribution in [3.8, 4) is 0 Å². The molecule has 1 rings (SSSR count). The zero-order valence-corrected chi connectivity index (χ0v) is 9.47. The fourth-order valence-electron chi connectivity index (χ4n) is 1.87. The lowest BCUT2D eigenvalue weighted by Gasteiger charge is -2.20. The Bertz CT molecular complexity index is 255. The molecule has 1 amide bonds. The van der Waals surface area contributed by atoms with Gasteiger partial charge in [-0.15, -0.1) is 0 Å². The van der Waals surface area contributed by atoms with Crippen molar-refractivity contribution >= 4 is 5.91 Å².